The van der Waals surface area contributed by atoms with E-state index in [1.807, 2.05) is 36.4 Å². The number of benzene rings is 2. The molecule has 1 saturated heterocycles. The van der Waals surface area contributed by atoms with Gasteiger partial charge in [0.25, 0.3) is 0 Å². The Morgan fingerprint density at radius 2 is 1.73 bits per heavy atom. The molecule has 1 aliphatic carbocycles. The third-order valence-corrected chi connectivity index (χ3v) is 6.06. The van der Waals surface area contributed by atoms with Crippen molar-refractivity contribution < 1.29 is 9.53 Å². The number of nitrogens with zero attached hydrogens (tertiary/aromatic N) is 3. The number of allylic oxidation sites excluding steroid dienone is 2. The van der Waals surface area contributed by atoms with Gasteiger partial charge in [0.15, 0.2) is 5.70 Å². The van der Waals surface area contributed by atoms with Gasteiger partial charge in [0.1, 0.15) is 5.75 Å². The van der Waals surface area contributed by atoms with Crippen LogP contribution in [0.4, 0.5) is 5.69 Å². The number of anilines is 1. The molecule has 172 valence electrons. The highest BCUT2D eigenvalue weighted by molar-refractivity contribution is 6.16. The number of ether oxygens (including phenoxy) is 1. The zero-order valence-corrected chi connectivity index (χ0v) is 18.9. The van der Waals surface area contributed by atoms with Crippen molar-refractivity contribution in [2.75, 3.05) is 51.3 Å². The average Bonchev–Trinajstić information content (AvgIpc) is 2.87. The molecular weight excluding hydrogens is 416 g/mol. The Labute approximate surface area is 194 Å². The molecule has 2 aromatic rings. The second-order valence-corrected chi connectivity index (χ2v) is 8.02. The first-order valence-corrected chi connectivity index (χ1v) is 11.2. The smallest absolute Gasteiger partial charge is 0.216 e. The normalized spacial score (nSPS) is 16.6. The third-order valence-electron chi connectivity index (χ3n) is 6.06. The molecule has 0 unspecified atom stereocenters. The Bertz CT molecular complexity index is 1070. The van der Waals surface area contributed by atoms with Crippen LogP contribution < -0.4 is 20.4 Å². The van der Waals surface area contributed by atoms with Gasteiger partial charge in [0, 0.05) is 50.4 Å². The van der Waals surface area contributed by atoms with Crippen LogP contribution in [-0.4, -0.2) is 57.2 Å². The van der Waals surface area contributed by atoms with E-state index in [4.69, 9.17) is 10.3 Å². The van der Waals surface area contributed by atoms with E-state index in [0.29, 0.717) is 23.4 Å². The molecule has 1 fully saturated rings. The number of ketones is 1. The molecule has 0 atom stereocenters. The van der Waals surface area contributed by atoms with E-state index in [0.717, 1.165) is 56.1 Å². The van der Waals surface area contributed by atoms with Gasteiger partial charge >= 0.3 is 0 Å². The summed E-state index contributed by atoms with van der Waals surface area (Å²) < 4.78 is 5.49. The fourth-order valence-corrected chi connectivity index (χ4v) is 4.30. The molecule has 1 aliphatic heterocycles. The maximum Gasteiger partial charge on any atom is 0.216 e. The van der Waals surface area contributed by atoms with Crippen LogP contribution in [0.5, 0.6) is 5.75 Å². The lowest BCUT2D eigenvalue weighted by Gasteiger charge is -2.36. The minimum absolute atomic E-state index is 0.124. The number of fused-ring (bicyclic) bond motifs is 1. The SMILES string of the molecule is C=C1C(NCCCNN2CCN(c3ccccc3OC)CC2)=C(N=N)C(=O)c2ccccc21. The van der Waals surface area contributed by atoms with Crippen molar-refractivity contribution in [3.8, 4) is 5.75 Å². The van der Waals surface area contributed by atoms with Crippen LogP contribution in [0.3, 0.4) is 0 Å². The van der Waals surface area contributed by atoms with Crippen molar-refractivity contribution in [3.05, 3.63) is 77.6 Å². The van der Waals surface area contributed by atoms with Crippen molar-refractivity contribution in [3.63, 3.8) is 0 Å². The van der Waals surface area contributed by atoms with Crippen LogP contribution in [0, 0.1) is 5.53 Å². The number of carbonyl (C=O) groups is 1. The zero-order valence-electron chi connectivity index (χ0n) is 18.9. The van der Waals surface area contributed by atoms with Crippen molar-refractivity contribution >= 4 is 17.0 Å². The molecule has 33 heavy (non-hydrogen) atoms. The summed E-state index contributed by atoms with van der Waals surface area (Å²) in [5.41, 5.74) is 14.8. The number of hydrogen-bond acceptors (Lipinski definition) is 8. The van der Waals surface area contributed by atoms with Crippen LogP contribution in [0.25, 0.3) is 5.57 Å². The van der Waals surface area contributed by atoms with E-state index in [1.54, 1.807) is 13.2 Å². The molecule has 8 heteroatoms. The van der Waals surface area contributed by atoms with Gasteiger partial charge in [0.2, 0.25) is 5.78 Å². The quantitative estimate of drug-likeness (QED) is 0.404. The molecular formula is C25H30N6O2. The number of carbonyl (C=O) groups excluding carboxylic acids is 1. The molecule has 1 heterocycles. The Hall–Kier alpha value is -3.49. The summed E-state index contributed by atoms with van der Waals surface area (Å²) in [7, 11) is 1.71. The topological polar surface area (TPSA) is 93.0 Å². The van der Waals surface area contributed by atoms with Gasteiger partial charge in [-0.1, -0.05) is 43.0 Å². The highest BCUT2D eigenvalue weighted by Crippen LogP contribution is 2.33. The first kappa shape index (κ1) is 22.7. The largest absolute Gasteiger partial charge is 0.495 e. The molecule has 4 rings (SSSR count). The number of piperazine rings is 1. The van der Waals surface area contributed by atoms with E-state index in [-0.39, 0.29) is 11.5 Å². The van der Waals surface area contributed by atoms with Gasteiger partial charge < -0.3 is 15.0 Å². The van der Waals surface area contributed by atoms with Crippen LogP contribution in [0.2, 0.25) is 0 Å². The average molecular weight is 447 g/mol. The zero-order chi connectivity index (χ0) is 23.2. The van der Waals surface area contributed by atoms with E-state index < -0.39 is 0 Å². The van der Waals surface area contributed by atoms with Crippen molar-refractivity contribution in [1.82, 2.24) is 15.8 Å². The first-order valence-electron chi connectivity index (χ1n) is 11.2. The van der Waals surface area contributed by atoms with E-state index in [1.165, 1.54) is 0 Å². The minimum Gasteiger partial charge on any atom is -0.495 e. The standard InChI is InChI=1S/C25H30N6O2/c1-18-19-8-3-4-9-20(19)25(32)24(29-26)23(18)27-12-7-13-28-31-16-14-30(15-17-31)21-10-5-6-11-22(21)33-2/h3-6,8-11,26-28H,1,7,12-17H2,2H3. The highest BCUT2D eigenvalue weighted by atomic mass is 16.5. The molecule has 0 radical (unpaired) electrons. The van der Waals surface area contributed by atoms with E-state index in [2.05, 4.69) is 38.4 Å². The molecule has 0 aromatic heterocycles. The molecule has 8 nitrogen and oxygen atoms in total. The molecule has 0 spiro atoms. The Kier molecular flexibility index (Phi) is 7.16. The predicted octanol–water partition coefficient (Wildman–Crippen LogP) is 3.45. The van der Waals surface area contributed by atoms with Gasteiger partial charge in [-0.15, -0.1) is 0 Å². The summed E-state index contributed by atoms with van der Waals surface area (Å²) in [6.07, 6.45) is 0.852. The summed E-state index contributed by atoms with van der Waals surface area (Å²) >= 11 is 0. The second kappa shape index (κ2) is 10.4. The fourth-order valence-electron chi connectivity index (χ4n) is 4.30. The summed E-state index contributed by atoms with van der Waals surface area (Å²) in [4.78, 5) is 15.0. The Balaban J connectivity index is 1.24. The maximum absolute atomic E-state index is 12.7. The van der Waals surface area contributed by atoms with Gasteiger partial charge in [-0.2, -0.15) is 5.11 Å². The van der Waals surface area contributed by atoms with Gasteiger partial charge in [-0.05, 0) is 24.1 Å². The maximum atomic E-state index is 12.7. The Morgan fingerprint density at radius 3 is 2.45 bits per heavy atom. The third kappa shape index (κ3) is 4.81. The van der Waals surface area contributed by atoms with Crippen molar-refractivity contribution in [1.29, 1.82) is 5.53 Å². The monoisotopic (exact) mass is 446 g/mol. The number of hydrazine groups is 1. The van der Waals surface area contributed by atoms with Crippen LogP contribution in [0.1, 0.15) is 22.3 Å². The minimum atomic E-state index is -0.235. The Morgan fingerprint density at radius 1 is 1.03 bits per heavy atom. The molecule has 3 N–H and O–H groups in total. The summed E-state index contributed by atoms with van der Waals surface area (Å²) in [6, 6.07) is 15.4. The molecule has 0 saturated carbocycles. The first-order chi connectivity index (χ1) is 16.1. The number of Topliss-reactive ketones (excluding diaryl/α,β-unsaturated/α-hetero) is 1. The van der Waals surface area contributed by atoms with Crippen molar-refractivity contribution in [2.24, 2.45) is 5.11 Å². The molecule has 2 aliphatic rings. The number of para-hydroxylation sites is 2. The molecule has 2 aromatic carbocycles. The highest BCUT2D eigenvalue weighted by Gasteiger charge is 2.28. The number of methoxy groups -OCH3 is 1. The number of rotatable bonds is 9. The lowest BCUT2D eigenvalue weighted by atomic mass is 9.88. The lowest BCUT2D eigenvalue weighted by Crippen LogP contribution is -2.52. The van der Waals surface area contributed by atoms with Gasteiger partial charge in [0.05, 0.1) is 18.5 Å². The molecule has 0 amide bonds. The summed E-state index contributed by atoms with van der Waals surface area (Å²) in [5, 5.41) is 9.03. The summed E-state index contributed by atoms with van der Waals surface area (Å²) in [5.74, 6) is 0.671. The second-order valence-electron chi connectivity index (χ2n) is 8.02. The van der Waals surface area contributed by atoms with Gasteiger partial charge in [-0.3, -0.25) is 10.2 Å². The summed E-state index contributed by atoms with van der Waals surface area (Å²) in [6.45, 7) is 9.27. The van der Waals surface area contributed by atoms with Crippen molar-refractivity contribution in [2.45, 2.75) is 6.42 Å². The van der Waals surface area contributed by atoms with Crippen LogP contribution >= 0.6 is 0 Å². The van der Waals surface area contributed by atoms with Crippen LogP contribution in [0.15, 0.2) is 71.6 Å². The fraction of sp³-hybridized carbons (Fsp3) is 0.320. The van der Waals surface area contributed by atoms with Gasteiger partial charge in [-0.25, -0.2) is 10.5 Å². The molecule has 0 bridgehead atoms. The van der Waals surface area contributed by atoms with E-state index in [9.17, 15) is 4.79 Å². The predicted molar refractivity (Wildman–Crippen MR) is 129 cm³/mol. The lowest BCUT2D eigenvalue weighted by molar-refractivity contribution is 0.102. The number of nitrogens with one attached hydrogen (secondary N) is 3. The number of hydrogen-bond donors (Lipinski definition) is 3. The van der Waals surface area contributed by atoms with Crippen LogP contribution in [-0.2, 0) is 0 Å². The van der Waals surface area contributed by atoms with E-state index >= 15 is 0 Å².